The van der Waals surface area contributed by atoms with Gasteiger partial charge in [-0.2, -0.15) is 0 Å². The third kappa shape index (κ3) is 3.82. The van der Waals surface area contributed by atoms with Gasteiger partial charge in [-0.1, -0.05) is 29.8 Å². The van der Waals surface area contributed by atoms with Crippen LogP contribution in [-0.4, -0.2) is 6.61 Å². The van der Waals surface area contributed by atoms with Crippen LogP contribution in [0.2, 0.25) is 5.02 Å². The lowest BCUT2D eigenvalue weighted by atomic mass is 10.2. The second-order valence-corrected chi connectivity index (χ2v) is 5.44. The van der Waals surface area contributed by atoms with Gasteiger partial charge in [-0.05, 0) is 36.8 Å². The van der Waals surface area contributed by atoms with Crippen LogP contribution in [0.5, 0.6) is 5.75 Å². The molecule has 0 bridgehead atoms. The predicted octanol–water partition coefficient (Wildman–Crippen LogP) is 4.61. The predicted molar refractivity (Wildman–Crippen MR) is 83.0 cm³/mol. The van der Waals surface area contributed by atoms with Crippen LogP contribution in [0.3, 0.4) is 0 Å². The maximum atomic E-state index is 6.14. The summed E-state index contributed by atoms with van der Waals surface area (Å²) in [7, 11) is 0. The summed E-state index contributed by atoms with van der Waals surface area (Å²) < 4.78 is 5.48. The van der Waals surface area contributed by atoms with E-state index in [2.05, 4.69) is 0 Å². The summed E-state index contributed by atoms with van der Waals surface area (Å²) in [6, 6.07) is 13.6. The Morgan fingerprint density at radius 2 is 2.00 bits per heavy atom. The average Bonchev–Trinajstić information content (AvgIpc) is 2.41. The molecular weight excluding hydrogens is 278 g/mol. The van der Waals surface area contributed by atoms with Gasteiger partial charge in [0, 0.05) is 21.4 Å². The smallest absolute Gasteiger partial charge is 0.120 e. The average molecular weight is 294 g/mol. The summed E-state index contributed by atoms with van der Waals surface area (Å²) in [5, 5.41) is 0.787. The second-order valence-electron chi connectivity index (χ2n) is 4.01. The number of hydrogen-bond donors (Lipinski definition) is 1. The number of halogens is 1. The number of nitrogens with two attached hydrogens (primary N) is 1. The molecule has 0 amide bonds. The largest absolute Gasteiger partial charge is 0.494 e. The summed E-state index contributed by atoms with van der Waals surface area (Å²) >= 11 is 7.81. The third-order valence-corrected chi connectivity index (χ3v) is 4.13. The molecule has 19 heavy (non-hydrogen) atoms. The SMILES string of the molecule is CCOc1ccc(N)c(SCc2ccccc2Cl)c1. The molecule has 0 aliphatic carbocycles. The molecule has 100 valence electrons. The van der Waals surface area contributed by atoms with E-state index in [1.54, 1.807) is 11.8 Å². The Morgan fingerprint density at radius 1 is 1.21 bits per heavy atom. The van der Waals surface area contributed by atoms with Crippen LogP contribution in [0.1, 0.15) is 12.5 Å². The third-order valence-electron chi connectivity index (χ3n) is 2.64. The summed E-state index contributed by atoms with van der Waals surface area (Å²) in [5.41, 5.74) is 7.85. The Bertz CT molecular complexity index is 560. The molecule has 2 N–H and O–H groups in total. The van der Waals surface area contributed by atoms with Crippen molar-refractivity contribution in [1.82, 2.24) is 0 Å². The molecule has 0 fully saturated rings. The molecule has 0 saturated heterocycles. The van der Waals surface area contributed by atoms with Gasteiger partial charge >= 0.3 is 0 Å². The van der Waals surface area contributed by atoms with Gasteiger partial charge in [0.05, 0.1) is 6.61 Å². The number of rotatable bonds is 5. The molecule has 0 spiro atoms. The molecule has 0 saturated carbocycles. The molecule has 2 rings (SSSR count). The zero-order chi connectivity index (χ0) is 13.7. The first-order valence-corrected chi connectivity index (χ1v) is 7.45. The zero-order valence-electron chi connectivity index (χ0n) is 10.7. The molecule has 0 aliphatic rings. The van der Waals surface area contributed by atoms with E-state index < -0.39 is 0 Å². The number of ether oxygens (including phenoxy) is 1. The van der Waals surface area contributed by atoms with E-state index in [0.717, 1.165) is 32.7 Å². The summed E-state index contributed by atoms with van der Waals surface area (Å²) in [4.78, 5) is 1.02. The van der Waals surface area contributed by atoms with Crippen LogP contribution < -0.4 is 10.5 Å². The minimum Gasteiger partial charge on any atom is -0.494 e. The summed E-state index contributed by atoms with van der Waals surface area (Å²) in [6.45, 7) is 2.62. The van der Waals surface area contributed by atoms with E-state index in [-0.39, 0.29) is 0 Å². The van der Waals surface area contributed by atoms with Crippen LogP contribution in [0.25, 0.3) is 0 Å². The first-order valence-electron chi connectivity index (χ1n) is 6.09. The highest BCUT2D eigenvalue weighted by Crippen LogP contribution is 2.33. The van der Waals surface area contributed by atoms with Crippen LogP contribution in [0.4, 0.5) is 5.69 Å². The molecule has 2 aromatic carbocycles. The molecule has 2 aromatic rings. The standard InChI is InChI=1S/C15H16ClNOS/c1-2-18-12-7-8-14(17)15(9-12)19-10-11-5-3-4-6-13(11)16/h3-9H,2,10,17H2,1H3. The van der Waals surface area contributed by atoms with Crippen molar-refractivity contribution in [3.05, 3.63) is 53.1 Å². The Kier molecular flexibility index (Phi) is 5.00. The molecule has 0 aromatic heterocycles. The van der Waals surface area contributed by atoms with Crippen molar-refractivity contribution in [3.8, 4) is 5.75 Å². The Hall–Kier alpha value is -1.32. The van der Waals surface area contributed by atoms with Gasteiger partial charge in [0.1, 0.15) is 5.75 Å². The zero-order valence-corrected chi connectivity index (χ0v) is 12.3. The van der Waals surface area contributed by atoms with Gasteiger partial charge in [0.2, 0.25) is 0 Å². The van der Waals surface area contributed by atoms with Gasteiger partial charge < -0.3 is 10.5 Å². The van der Waals surface area contributed by atoms with Crippen molar-refractivity contribution >= 4 is 29.1 Å². The number of nitrogen functional groups attached to an aromatic ring is 1. The van der Waals surface area contributed by atoms with Crippen LogP contribution in [0, 0.1) is 0 Å². The maximum Gasteiger partial charge on any atom is 0.120 e. The van der Waals surface area contributed by atoms with Crippen LogP contribution >= 0.6 is 23.4 Å². The van der Waals surface area contributed by atoms with E-state index in [0.29, 0.717) is 6.61 Å². The van der Waals surface area contributed by atoms with Gasteiger partial charge in [-0.3, -0.25) is 0 Å². The molecule has 0 radical (unpaired) electrons. The minimum absolute atomic E-state index is 0.651. The lowest BCUT2D eigenvalue weighted by molar-refractivity contribution is 0.339. The van der Waals surface area contributed by atoms with Crippen LogP contribution in [-0.2, 0) is 5.75 Å². The minimum atomic E-state index is 0.651. The van der Waals surface area contributed by atoms with Crippen molar-refractivity contribution in [3.63, 3.8) is 0 Å². The van der Waals surface area contributed by atoms with E-state index in [1.165, 1.54) is 0 Å². The molecule has 0 unspecified atom stereocenters. The topological polar surface area (TPSA) is 35.2 Å². The number of anilines is 1. The van der Waals surface area contributed by atoms with Gasteiger partial charge in [-0.25, -0.2) is 0 Å². The molecule has 2 nitrogen and oxygen atoms in total. The highest BCUT2D eigenvalue weighted by atomic mass is 35.5. The fourth-order valence-corrected chi connectivity index (χ4v) is 2.95. The number of thioether (sulfide) groups is 1. The Labute approximate surface area is 122 Å². The fourth-order valence-electron chi connectivity index (χ4n) is 1.67. The second kappa shape index (κ2) is 6.73. The fraction of sp³-hybridized carbons (Fsp3) is 0.200. The number of benzene rings is 2. The van der Waals surface area contributed by atoms with E-state index in [9.17, 15) is 0 Å². The van der Waals surface area contributed by atoms with Crippen molar-refractivity contribution in [2.45, 2.75) is 17.6 Å². The highest BCUT2D eigenvalue weighted by molar-refractivity contribution is 7.98. The van der Waals surface area contributed by atoms with E-state index in [1.807, 2.05) is 49.4 Å². The van der Waals surface area contributed by atoms with Crippen molar-refractivity contribution in [2.24, 2.45) is 0 Å². The molecule has 0 heterocycles. The van der Waals surface area contributed by atoms with E-state index in [4.69, 9.17) is 22.1 Å². The normalized spacial score (nSPS) is 10.4. The van der Waals surface area contributed by atoms with Crippen molar-refractivity contribution in [1.29, 1.82) is 0 Å². The molecular formula is C15H16ClNOS. The number of hydrogen-bond acceptors (Lipinski definition) is 3. The summed E-state index contributed by atoms with van der Waals surface area (Å²) in [5.74, 6) is 1.64. The lowest BCUT2D eigenvalue weighted by Crippen LogP contribution is -1.94. The molecule has 4 heteroatoms. The van der Waals surface area contributed by atoms with Crippen molar-refractivity contribution < 1.29 is 4.74 Å². The van der Waals surface area contributed by atoms with Crippen LogP contribution in [0.15, 0.2) is 47.4 Å². The Morgan fingerprint density at radius 3 is 2.74 bits per heavy atom. The summed E-state index contributed by atoms with van der Waals surface area (Å²) in [6.07, 6.45) is 0. The molecule has 0 aliphatic heterocycles. The quantitative estimate of drug-likeness (QED) is 0.646. The monoisotopic (exact) mass is 293 g/mol. The first kappa shape index (κ1) is 14.1. The lowest BCUT2D eigenvalue weighted by Gasteiger charge is -2.09. The van der Waals surface area contributed by atoms with Crippen molar-refractivity contribution in [2.75, 3.05) is 12.3 Å². The van der Waals surface area contributed by atoms with Gasteiger partial charge in [-0.15, -0.1) is 11.8 Å². The highest BCUT2D eigenvalue weighted by Gasteiger charge is 2.05. The Balaban J connectivity index is 2.10. The van der Waals surface area contributed by atoms with E-state index >= 15 is 0 Å². The molecule has 0 atom stereocenters. The van der Waals surface area contributed by atoms with Gasteiger partial charge in [0.15, 0.2) is 0 Å². The first-order chi connectivity index (χ1) is 9.20. The van der Waals surface area contributed by atoms with Gasteiger partial charge in [0.25, 0.3) is 0 Å². The maximum absolute atomic E-state index is 6.14.